The number of nitrogens with one attached hydrogen (secondary N) is 1. The van der Waals surface area contributed by atoms with Gasteiger partial charge in [-0.25, -0.2) is 0 Å². The molecule has 0 bridgehead atoms. The van der Waals surface area contributed by atoms with E-state index in [4.69, 9.17) is 9.47 Å². The summed E-state index contributed by atoms with van der Waals surface area (Å²) in [7, 11) is 0. The Balaban J connectivity index is 1.33. The molecule has 0 radical (unpaired) electrons. The van der Waals surface area contributed by atoms with Crippen molar-refractivity contribution in [1.29, 1.82) is 0 Å². The van der Waals surface area contributed by atoms with E-state index in [9.17, 15) is 14.4 Å². The van der Waals surface area contributed by atoms with Crippen molar-refractivity contribution in [3.63, 3.8) is 0 Å². The molecule has 4 rings (SSSR count). The molecule has 1 fully saturated rings. The maximum atomic E-state index is 12.5. The number of carbonyl (C=O) groups is 3. The fourth-order valence-electron chi connectivity index (χ4n) is 2.74. The summed E-state index contributed by atoms with van der Waals surface area (Å²) >= 11 is 2.41. The molecule has 0 atom stereocenters. The molecule has 1 aromatic carbocycles. The molecule has 2 aromatic rings. The lowest BCUT2D eigenvalue weighted by Crippen LogP contribution is -2.36. The van der Waals surface area contributed by atoms with Gasteiger partial charge in [0.1, 0.15) is 0 Å². The second-order valence-corrected chi connectivity index (χ2v) is 8.06. The molecule has 7 nitrogen and oxygen atoms in total. The van der Waals surface area contributed by atoms with Gasteiger partial charge in [-0.1, -0.05) is 12.1 Å². The second-order valence-electron chi connectivity index (χ2n) is 6.09. The number of hydrogen-bond donors (Lipinski definition) is 1. The van der Waals surface area contributed by atoms with Gasteiger partial charge in [0.05, 0.1) is 4.91 Å². The van der Waals surface area contributed by atoms with E-state index in [0.29, 0.717) is 16.4 Å². The molecule has 2 aliphatic heterocycles. The SMILES string of the molecule is O=C(/C=C/c1cccs1)NCCN1C(=O)S/C(=C\c2ccc3c(c2)OCO3)C1=O. The number of benzene rings is 1. The van der Waals surface area contributed by atoms with Gasteiger partial charge in [-0.2, -0.15) is 0 Å². The summed E-state index contributed by atoms with van der Waals surface area (Å²) in [6.07, 6.45) is 4.79. The Bertz CT molecular complexity index is 1010. The van der Waals surface area contributed by atoms with Crippen LogP contribution in [0, 0.1) is 0 Å². The Morgan fingerprint density at radius 2 is 2.07 bits per heavy atom. The van der Waals surface area contributed by atoms with Crippen LogP contribution in [0.25, 0.3) is 12.2 Å². The lowest BCUT2D eigenvalue weighted by Gasteiger charge is -2.12. The second kappa shape index (κ2) is 8.54. The summed E-state index contributed by atoms with van der Waals surface area (Å²) in [5, 5.41) is 4.25. The van der Waals surface area contributed by atoms with Crippen LogP contribution in [0.2, 0.25) is 0 Å². The molecule has 0 saturated carbocycles. The highest BCUT2D eigenvalue weighted by atomic mass is 32.2. The number of imide groups is 1. The van der Waals surface area contributed by atoms with Gasteiger partial charge < -0.3 is 14.8 Å². The minimum atomic E-state index is -0.374. The normalized spacial score (nSPS) is 17.0. The standard InChI is InChI=1S/C20H16N2O5S2/c23-18(6-4-14-2-1-9-28-14)21-7-8-22-19(24)17(29-20(22)25)11-13-3-5-15-16(10-13)27-12-26-15/h1-6,9-11H,7-8,12H2,(H,21,23)/b6-4+,17-11-. The number of carbonyl (C=O) groups excluding carboxylic acids is 3. The third-order valence-electron chi connectivity index (χ3n) is 4.14. The number of thioether (sulfide) groups is 1. The van der Waals surface area contributed by atoms with Crippen molar-refractivity contribution in [2.24, 2.45) is 0 Å². The van der Waals surface area contributed by atoms with Gasteiger partial charge in [-0.15, -0.1) is 11.3 Å². The van der Waals surface area contributed by atoms with Gasteiger partial charge in [0.15, 0.2) is 11.5 Å². The highest BCUT2D eigenvalue weighted by Crippen LogP contribution is 2.36. The number of rotatable bonds is 6. The van der Waals surface area contributed by atoms with Crippen LogP contribution < -0.4 is 14.8 Å². The zero-order chi connectivity index (χ0) is 20.2. The zero-order valence-electron chi connectivity index (χ0n) is 15.1. The third-order valence-corrected chi connectivity index (χ3v) is 5.89. The topological polar surface area (TPSA) is 84.9 Å². The lowest BCUT2D eigenvalue weighted by atomic mass is 10.2. The number of ether oxygens (including phenoxy) is 2. The fourth-order valence-corrected chi connectivity index (χ4v) is 4.22. The average Bonchev–Trinajstić information content (AvgIpc) is 3.44. The monoisotopic (exact) mass is 428 g/mol. The molecule has 29 heavy (non-hydrogen) atoms. The summed E-state index contributed by atoms with van der Waals surface area (Å²) in [6, 6.07) is 9.12. The largest absolute Gasteiger partial charge is 0.454 e. The molecule has 9 heteroatoms. The Morgan fingerprint density at radius 1 is 1.21 bits per heavy atom. The quantitative estimate of drug-likeness (QED) is 0.711. The van der Waals surface area contributed by atoms with E-state index in [0.717, 1.165) is 27.1 Å². The van der Waals surface area contributed by atoms with Crippen LogP contribution >= 0.6 is 23.1 Å². The van der Waals surface area contributed by atoms with Crippen LogP contribution in [0.4, 0.5) is 4.79 Å². The number of hydrogen-bond acceptors (Lipinski definition) is 7. The van der Waals surface area contributed by atoms with Gasteiger partial charge >= 0.3 is 0 Å². The van der Waals surface area contributed by atoms with Crippen LogP contribution in [0.3, 0.4) is 0 Å². The van der Waals surface area contributed by atoms with Crippen LogP contribution in [0.5, 0.6) is 11.5 Å². The molecule has 148 valence electrons. The molecule has 0 aliphatic carbocycles. The van der Waals surface area contributed by atoms with Crippen molar-refractivity contribution in [3.8, 4) is 11.5 Å². The van der Waals surface area contributed by atoms with Crippen LogP contribution in [0.1, 0.15) is 10.4 Å². The van der Waals surface area contributed by atoms with Gasteiger partial charge in [-0.3, -0.25) is 19.3 Å². The molecule has 2 aliphatic rings. The van der Waals surface area contributed by atoms with E-state index in [1.165, 1.54) is 17.4 Å². The summed E-state index contributed by atoms with van der Waals surface area (Å²) in [5.74, 6) is 0.609. The van der Waals surface area contributed by atoms with Gasteiger partial charge in [0.25, 0.3) is 11.1 Å². The van der Waals surface area contributed by atoms with Crippen molar-refractivity contribution >= 4 is 52.3 Å². The van der Waals surface area contributed by atoms with E-state index in [-0.39, 0.29) is 36.9 Å². The molecular weight excluding hydrogens is 412 g/mol. The van der Waals surface area contributed by atoms with Gasteiger partial charge in [0.2, 0.25) is 12.7 Å². The van der Waals surface area contributed by atoms with Crippen LogP contribution in [-0.4, -0.2) is 41.8 Å². The number of nitrogens with zero attached hydrogens (tertiary/aromatic N) is 1. The summed E-state index contributed by atoms with van der Waals surface area (Å²) in [4.78, 5) is 39.0. The van der Waals surface area contributed by atoms with Crippen molar-refractivity contribution in [2.45, 2.75) is 0 Å². The predicted octanol–water partition coefficient (Wildman–Crippen LogP) is 3.34. The lowest BCUT2D eigenvalue weighted by molar-refractivity contribution is -0.123. The molecule has 1 aromatic heterocycles. The first kappa shape index (κ1) is 19.3. The maximum Gasteiger partial charge on any atom is 0.293 e. The number of fused-ring (bicyclic) bond motifs is 1. The van der Waals surface area contributed by atoms with Crippen LogP contribution in [0.15, 0.2) is 46.7 Å². The summed E-state index contributed by atoms with van der Waals surface area (Å²) < 4.78 is 10.6. The smallest absolute Gasteiger partial charge is 0.293 e. The van der Waals surface area contributed by atoms with Crippen LogP contribution in [-0.2, 0) is 9.59 Å². The van der Waals surface area contributed by atoms with Crippen molar-refractivity contribution in [1.82, 2.24) is 10.2 Å². The third kappa shape index (κ3) is 4.52. The number of amides is 3. The predicted molar refractivity (Wildman–Crippen MR) is 112 cm³/mol. The summed E-state index contributed by atoms with van der Waals surface area (Å²) in [5.41, 5.74) is 0.742. The zero-order valence-corrected chi connectivity index (χ0v) is 16.8. The molecular formula is C20H16N2O5S2. The van der Waals surface area contributed by atoms with Gasteiger partial charge in [-0.05, 0) is 53.1 Å². The molecule has 1 N–H and O–H groups in total. The molecule has 0 spiro atoms. The Labute approximate surface area is 175 Å². The fraction of sp³-hybridized carbons (Fsp3) is 0.150. The average molecular weight is 428 g/mol. The van der Waals surface area contributed by atoms with Gasteiger partial charge in [0, 0.05) is 24.0 Å². The first-order chi connectivity index (χ1) is 14.1. The van der Waals surface area contributed by atoms with E-state index in [1.54, 1.807) is 30.4 Å². The maximum absolute atomic E-state index is 12.5. The Kier molecular flexibility index (Phi) is 5.68. The van der Waals surface area contributed by atoms with Crippen molar-refractivity contribution < 1.29 is 23.9 Å². The first-order valence-electron chi connectivity index (χ1n) is 8.74. The minimum absolute atomic E-state index is 0.113. The van der Waals surface area contributed by atoms with E-state index < -0.39 is 0 Å². The summed E-state index contributed by atoms with van der Waals surface area (Å²) in [6.45, 7) is 0.466. The van der Waals surface area contributed by atoms with Crippen molar-refractivity contribution in [2.75, 3.05) is 19.9 Å². The first-order valence-corrected chi connectivity index (χ1v) is 10.4. The minimum Gasteiger partial charge on any atom is -0.454 e. The number of thiophene rings is 1. The Morgan fingerprint density at radius 3 is 2.90 bits per heavy atom. The molecule has 1 saturated heterocycles. The highest BCUT2D eigenvalue weighted by molar-refractivity contribution is 8.18. The van der Waals surface area contributed by atoms with E-state index >= 15 is 0 Å². The molecule has 3 heterocycles. The van der Waals surface area contributed by atoms with Crippen molar-refractivity contribution in [3.05, 3.63) is 57.1 Å². The highest BCUT2D eigenvalue weighted by Gasteiger charge is 2.34. The molecule has 3 amide bonds. The van der Waals surface area contributed by atoms with E-state index in [2.05, 4.69) is 5.32 Å². The molecule has 0 unspecified atom stereocenters. The Hall–Kier alpha value is -3.04. The van der Waals surface area contributed by atoms with E-state index in [1.807, 2.05) is 17.5 Å².